The van der Waals surface area contributed by atoms with Crippen molar-refractivity contribution in [1.29, 1.82) is 0 Å². The quantitative estimate of drug-likeness (QED) is 0.922. The molecule has 1 heterocycles. The van der Waals surface area contributed by atoms with E-state index in [0.29, 0.717) is 29.7 Å². The first kappa shape index (κ1) is 15.9. The van der Waals surface area contributed by atoms with Gasteiger partial charge in [-0.1, -0.05) is 6.92 Å². The number of carboxylic acid groups (broad SMARTS) is 1. The smallest absolute Gasteiger partial charge is 0.339 e. The van der Waals surface area contributed by atoms with E-state index in [1.165, 1.54) is 0 Å². The summed E-state index contributed by atoms with van der Waals surface area (Å²) in [4.78, 5) is 20.2. The van der Waals surface area contributed by atoms with Gasteiger partial charge in [-0.2, -0.15) is 0 Å². The molecule has 0 bridgehead atoms. The number of carbonyl (C=O) groups is 1. The molecule has 1 fully saturated rings. The maximum atomic E-state index is 11.3. The van der Waals surface area contributed by atoms with Gasteiger partial charge in [0.25, 0.3) is 0 Å². The highest BCUT2D eigenvalue weighted by Crippen LogP contribution is 2.41. The Morgan fingerprint density at radius 1 is 1.29 bits per heavy atom. The Balaban J connectivity index is 2.44. The van der Waals surface area contributed by atoms with Crippen molar-refractivity contribution in [3.63, 3.8) is 0 Å². The van der Waals surface area contributed by atoms with Crippen LogP contribution in [0.25, 0.3) is 0 Å². The van der Waals surface area contributed by atoms with E-state index in [1.54, 1.807) is 13.8 Å². The van der Waals surface area contributed by atoms with Gasteiger partial charge in [0.2, 0.25) is 0 Å². The van der Waals surface area contributed by atoms with Crippen LogP contribution in [0.1, 0.15) is 67.1 Å². The minimum atomic E-state index is -0.973. The van der Waals surface area contributed by atoms with Crippen LogP contribution in [0.3, 0.4) is 0 Å². The third kappa shape index (κ3) is 3.07. The Bertz CT molecular complexity index is 511. The van der Waals surface area contributed by atoms with E-state index in [4.69, 9.17) is 4.74 Å². The molecule has 5 nitrogen and oxygen atoms in total. The number of carboxylic acids is 1. The molecule has 0 aromatic carbocycles. The van der Waals surface area contributed by atoms with Crippen LogP contribution in [0.15, 0.2) is 0 Å². The maximum absolute atomic E-state index is 11.3. The standard InChI is InChI=1S/C16H24N2O3/c1-5-21-16(8-6-10(2)7-9-16)15-17-11(3)13(14(19)20)12(4)18-15/h10H,5-9H2,1-4H3,(H,19,20). The van der Waals surface area contributed by atoms with Gasteiger partial charge in [-0.15, -0.1) is 0 Å². The molecule has 1 aliphatic carbocycles. The van der Waals surface area contributed by atoms with E-state index in [2.05, 4.69) is 16.9 Å². The van der Waals surface area contributed by atoms with Gasteiger partial charge in [0, 0.05) is 6.61 Å². The molecule has 116 valence electrons. The summed E-state index contributed by atoms with van der Waals surface area (Å²) in [6.45, 7) is 8.29. The number of aromatic nitrogens is 2. The van der Waals surface area contributed by atoms with Crippen molar-refractivity contribution in [3.8, 4) is 0 Å². The number of hydrogen-bond acceptors (Lipinski definition) is 4. The number of hydrogen-bond donors (Lipinski definition) is 1. The zero-order valence-corrected chi connectivity index (χ0v) is 13.3. The molecule has 1 aromatic heterocycles. The first-order chi connectivity index (χ1) is 9.89. The van der Waals surface area contributed by atoms with Gasteiger partial charge in [-0.25, -0.2) is 14.8 Å². The van der Waals surface area contributed by atoms with Gasteiger partial charge in [-0.05, 0) is 52.4 Å². The SMILES string of the molecule is CCOC1(c2nc(C)c(C(=O)O)c(C)n2)CCC(C)CC1. The molecule has 1 aromatic rings. The number of aromatic carboxylic acids is 1. The molecular formula is C16H24N2O3. The van der Waals surface area contributed by atoms with Crippen molar-refractivity contribution in [2.45, 2.75) is 59.0 Å². The first-order valence-electron chi connectivity index (χ1n) is 7.62. The molecular weight excluding hydrogens is 268 g/mol. The Labute approximate surface area is 125 Å². The Hall–Kier alpha value is -1.49. The predicted octanol–water partition coefficient (Wildman–Crippen LogP) is 3.23. The molecule has 0 unspecified atom stereocenters. The van der Waals surface area contributed by atoms with E-state index in [0.717, 1.165) is 25.7 Å². The number of nitrogens with zero attached hydrogens (tertiary/aromatic N) is 2. The molecule has 1 aliphatic rings. The van der Waals surface area contributed by atoms with Crippen molar-refractivity contribution in [3.05, 3.63) is 22.8 Å². The van der Waals surface area contributed by atoms with Crippen LogP contribution < -0.4 is 0 Å². The summed E-state index contributed by atoms with van der Waals surface area (Å²) in [6, 6.07) is 0. The summed E-state index contributed by atoms with van der Waals surface area (Å²) in [5, 5.41) is 9.24. The maximum Gasteiger partial charge on any atom is 0.339 e. The summed E-state index contributed by atoms with van der Waals surface area (Å²) >= 11 is 0. The van der Waals surface area contributed by atoms with Crippen LogP contribution in [-0.4, -0.2) is 27.7 Å². The number of rotatable bonds is 4. The fourth-order valence-electron chi connectivity index (χ4n) is 3.17. The van der Waals surface area contributed by atoms with Crippen molar-refractivity contribution < 1.29 is 14.6 Å². The molecule has 2 rings (SSSR count). The summed E-state index contributed by atoms with van der Waals surface area (Å²) in [5.41, 5.74) is 0.786. The highest BCUT2D eigenvalue weighted by Gasteiger charge is 2.40. The van der Waals surface area contributed by atoms with Gasteiger partial charge in [0.1, 0.15) is 11.2 Å². The second-order valence-corrected chi connectivity index (χ2v) is 6.01. The van der Waals surface area contributed by atoms with Gasteiger partial charge >= 0.3 is 5.97 Å². The Morgan fingerprint density at radius 2 is 1.81 bits per heavy atom. The lowest BCUT2D eigenvalue weighted by Gasteiger charge is -2.38. The van der Waals surface area contributed by atoms with Crippen molar-refractivity contribution >= 4 is 5.97 Å². The summed E-state index contributed by atoms with van der Waals surface area (Å²) in [7, 11) is 0. The van der Waals surface area contributed by atoms with Crippen LogP contribution in [0.4, 0.5) is 0 Å². The zero-order chi connectivity index (χ0) is 15.6. The molecule has 0 spiro atoms. The topological polar surface area (TPSA) is 72.3 Å². The third-order valence-electron chi connectivity index (χ3n) is 4.39. The largest absolute Gasteiger partial charge is 0.478 e. The normalized spacial score (nSPS) is 25.8. The average Bonchev–Trinajstić information content (AvgIpc) is 2.40. The molecule has 0 saturated heterocycles. The number of aryl methyl sites for hydroxylation is 2. The van der Waals surface area contributed by atoms with E-state index >= 15 is 0 Å². The average molecular weight is 292 g/mol. The van der Waals surface area contributed by atoms with E-state index < -0.39 is 11.6 Å². The van der Waals surface area contributed by atoms with Crippen LogP contribution in [0.5, 0.6) is 0 Å². The van der Waals surface area contributed by atoms with E-state index in [9.17, 15) is 9.90 Å². The predicted molar refractivity (Wildman–Crippen MR) is 79.4 cm³/mol. The minimum absolute atomic E-state index is 0.203. The Morgan fingerprint density at radius 3 is 2.24 bits per heavy atom. The molecule has 0 atom stereocenters. The third-order valence-corrected chi connectivity index (χ3v) is 4.39. The molecule has 1 N–H and O–H groups in total. The first-order valence-corrected chi connectivity index (χ1v) is 7.62. The second kappa shape index (κ2) is 6.10. The minimum Gasteiger partial charge on any atom is -0.478 e. The Kier molecular flexibility index (Phi) is 4.61. The van der Waals surface area contributed by atoms with Crippen molar-refractivity contribution in [1.82, 2.24) is 9.97 Å². The lowest BCUT2D eigenvalue weighted by atomic mass is 9.78. The van der Waals surface area contributed by atoms with E-state index in [1.807, 2.05) is 6.92 Å². The van der Waals surface area contributed by atoms with Crippen LogP contribution >= 0.6 is 0 Å². The van der Waals surface area contributed by atoms with Crippen LogP contribution in [0, 0.1) is 19.8 Å². The van der Waals surface area contributed by atoms with Crippen molar-refractivity contribution in [2.24, 2.45) is 5.92 Å². The molecule has 0 aliphatic heterocycles. The summed E-state index contributed by atoms with van der Waals surface area (Å²) in [5.74, 6) is 0.370. The fraction of sp³-hybridized carbons (Fsp3) is 0.688. The molecule has 5 heteroatoms. The van der Waals surface area contributed by atoms with Crippen LogP contribution in [0.2, 0.25) is 0 Å². The molecule has 0 amide bonds. The van der Waals surface area contributed by atoms with Crippen LogP contribution in [-0.2, 0) is 10.3 Å². The number of ether oxygens (including phenoxy) is 1. The highest BCUT2D eigenvalue weighted by molar-refractivity contribution is 5.89. The lowest BCUT2D eigenvalue weighted by molar-refractivity contribution is -0.0839. The zero-order valence-electron chi connectivity index (χ0n) is 13.3. The van der Waals surface area contributed by atoms with Crippen molar-refractivity contribution in [2.75, 3.05) is 6.61 Å². The van der Waals surface area contributed by atoms with Gasteiger partial charge in [-0.3, -0.25) is 0 Å². The molecule has 21 heavy (non-hydrogen) atoms. The summed E-state index contributed by atoms with van der Waals surface area (Å²) < 4.78 is 6.04. The highest BCUT2D eigenvalue weighted by atomic mass is 16.5. The summed E-state index contributed by atoms with van der Waals surface area (Å²) in [6.07, 6.45) is 3.96. The fourth-order valence-corrected chi connectivity index (χ4v) is 3.17. The van der Waals surface area contributed by atoms with Gasteiger partial charge in [0.05, 0.1) is 11.4 Å². The van der Waals surface area contributed by atoms with E-state index in [-0.39, 0.29) is 5.56 Å². The lowest BCUT2D eigenvalue weighted by Crippen LogP contribution is -2.37. The van der Waals surface area contributed by atoms with Gasteiger partial charge < -0.3 is 9.84 Å². The second-order valence-electron chi connectivity index (χ2n) is 6.01. The molecule has 0 radical (unpaired) electrons. The molecule has 1 saturated carbocycles. The van der Waals surface area contributed by atoms with Gasteiger partial charge in [0.15, 0.2) is 5.82 Å². The monoisotopic (exact) mass is 292 g/mol.